The van der Waals surface area contributed by atoms with Crippen LogP contribution >= 0.6 is 11.3 Å². The number of furan rings is 1. The Morgan fingerprint density at radius 1 is 1.23 bits per heavy atom. The quantitative estimate of drug-likeness (QED) is 0.180. The number of thiazole rings is 1. The van der Waals surface area contributed by atoms with E-state index in [1.807, 2.05) is 31.4 Å². The average molecular weight is 600 g/mol. The van der Waals surface area contributed by atoms with E-state index in [1.165, 1.54) is 10.6 Å². The molecule has 0 saturated heterocycles. The average Bonchev–Trinajstić information content (AvgIpc) is 3.52. The van der Waals surface area contributed by atoms with Gasteiger partial charge in [0.15, 0.2) is 4.80 Å². The van der Waals surface area contributed by atoms with Crippen LogP contribution in [0.2, 0.25) is 0 Å². The summed E-state index contributed by atoms with van der Waals surface area (Å²) in [6.07, 6.45) is 1.75. The second-order valence-electron chi connectivity index (χ2n) is 10.3. The van der Waals surface area contributed by atoms with Crippen molar-refractivity contribution in [2.75, 3.05) is 6.61 Å². The highest BCUT2D eigenvalue weighted by Gasteiger charge is 2.34. The summed E-state index contributed by atoms with van der Waals surface area (Å²) in [5.74, 6) is 0.425. The Balaban J connectivity index is 1.73. The largest absolute Gasteiger partial charge is 0.463 e. The molecule has 220 valence electrons. The molecule has 0 spiro atoms. The fourth-order valence-electron chi connectivity index (χ4n) is 5.39. The Bertz CT molecular complexity index is 2100. The second-order valence-corrected chi connectivity index (χ2v) is 11.4. The van der Waals surface area contributed by atoms with Gasteiger partial charge in [-0.2, -0.15) is 5.26 Å². The summed E-state index contributed by atoms with van der Waals surface area (Å²) in [5, 5.41) is 21.5. The van der Waals surface area contributed by atoms with Crippen molar-refractivity contribution in [3.8, 4) is 12.0 Å². The van der Waals surface area contributed by atoms with E-state index < -0.39 is 22.5 Å². The monoisotopic (exact) mass is 599 g/mol. The molecule has 0 fully saturated rings. The Kier molecular flexibility index (Phi) is 7.54. The van der Waals surface area contributed by atoms with Gasteiger partial charge in [0.25, 0.3) is 11.2 Å². The number of fused-ring (bicyclic) bond motifs is 1. The third kappa shape index (κ3) is 4.81. The molecule has 12 heteroatoms. The summed E-state index contributed by atoms with van der Waals surface area (Å²) in [7, 11) is 0. The maximum absolute atomic E-state index is 14.0. The third-order valence-corrected chi connectivity index (χ3v) is 8.68. The molecule has 1 atom stereocenters. The molecule has 3 aromatic heterocycles. The summed E-state index contributed by atoms with van der Waals surface area (Å²) in [5.41, 5.74) is 4.36. The molecular weight excluding hydrogens is 570 g/mol. The lowest BCUT2D eigenvalue weighted by atomic mass is 9.94. The lowest BCUT2D eigenvalue weighted by Crippen LogP contribution is -2.40. The minimum Gasteiger partial charge on any atom is -0.463 e. The number of esters is 1. The summed E-state index contributed by atoms with van der Waals surface area (Å²) < 4.78 is 14.9. The van der Waals surface area contributed by atoms with Crippen LogP contribution in [0.3, 0.4) is 0 Å². The number of nitro benzene ring substituents is 1. The molecule has 4 heterocycles. The lowest BCUT2D eigenvalue weighted by Gasteiger charge is -2.24. The smallest absolute Gasteiger partial charge is 0.338 e. The number of hydrogen-bond donors (Lipinski definition) is 0. The Labute approximate surface area is 250 Å². The van der Waals surface area contributed by atoms with Crippen molar-refractivity contribution in [2.45, 2.75) is 54.5 Å². The SMILES string of the molecule is CCOC(=O)C1=C(C)N=c2sc(=Cc3cc(C)n(-c4oc(C)c(C)c4C#N)c3C)c(=O)n2C1c1ccc(C)c([N+](=O)[O-])c1. The van der Waals surface area contributed by atoms with Gasteiger partial charge in [-0.3, -0.25) is 24.0 Å². The fraction of sp³-hybridized carbons (Fsp3) is 0.290. The zero-order valence-corrected chi connectivity index (χ0v) is 25.6. The van der Waals surface area contributed by atoms with E-state index in [1.54, 1.807) is 45.9 Å². The van der Waals surface area contributed by atoms with Gasteiger partial charge < -0.3 is 9.15 Å². The van der Waals surface area contributed by atoms with Crippen molar-refractivity contribution in [2.24, 2.45) is 4.99 Å². The summed E-state index contributed by atoms with van der Waals surface area (Å²) in [6.45, 7) is 12.5. The fourth-order valence-corrected chi connectivity index (χ4v) is 6.42. The number of nitro groups is 1. The normalized spacial score (nSPS) is 14.8. The van der Waals surface area contributed by atoms with Crippen molar-refractivity contribution in [1.29, 1.82) is 5.26 Å². The molecule has 0 aliphatic carbocycles. The van der Waals surface area contributed by atoms with E-state index in [9.17, 15) is 25.0 Å². The van der Waals surface area contributed by atoms with Gasteiger partial charge in [0.1, 0.15) is 17.4 Å². The summed E-state index contributed by atoms with van der Waals surface area (Å²) in [6, 6.07) is 7.82. The maximum atomic E-state index is 14.0. The zero-order valence-electron chi connectivity index (χ0n) is 24.8. The minimum atomic E-state index is -0.976. The van der Waals surface area contributed by atoms with Gasteiger partial charge in [0.2, 0.25) is 5.88 Å². The molecular formula is C31H29N5O6S. The van der Waals surface area contributed by atoms with Gasteiger partial charge in [0, 0.05) is 28.6 Å². The first-order chi connectivity index (χ1) is 20.4. The van der Waals surface area contributed by atoms with Crippen molar-refractivity contribution < 1.29 is 18.9 Å². The Morgan fingerprint density at radius 3 is 2.60 bits per heavy atom. The van der Waals surface area contributed by atoms with E-state index >= 15 is 0 Å². The van der Waals surface area contributed by atoms with Crippen molar-refractivity contribution >= 4 is 29.1 Å². The number of rotatable bonds is 6. The number of benzene rings is 1. The van der Waals surface area contributed by atoms with Crippen molar-refractivity contribution in [3.63, 3.8) is 0 Å². The molecule has 1 aliphatic rings. The van der Waals surface area contributed by atoms with Gasteiger partial charge in [0.05, 0.1) is 33.4 Å². The van der Waals surface area contributed by atoms with Crippen LogP contribution in [-0.4, -0.2) is 26.6 Å². The number of carbonyl (C=O) groups is 1. The highest BCUT2D eigenvalue weighted by Crippen LogP contribution is 2.34. The number of aromatic nitrogens is 2. The second kappa shape index (κ2) is 11.0. The molecule has 0 saturated carbocycles. The first kappa shape index (κ1) is 29.5. The molecule has 1 unspecified atom stereocenters. The van der Waals surface area contributed by atoms with Crippen LogP contribution < -0.4 is 14.9 Å². The topological polar surface area (TPSA) is 146 Å². The van der Waals surface area contributed by atoms with E-state index in [0.29, 0.717) is 43.4 Å². The van der Waals surface area contributed by atoms with Gasteiger partial charge in [-0.25, -0.2) is 9.79 Å². The molecule has 1 aliphatic heterocycles. The molecule has 0 radical (unpaired) electrons. The first-order valence-electron chi connectivity index (χ1n) is 13.5. The Morgan fingerprint density at radius 2 is 1.95 bits per heavy atom. The predicted molar refractivity (Wildman–Crippen MR) is 160 cm³/mol. The van der Waals surface area contributed by atoms with E-state index in [4.69, 9.17) is 9.15 Å². The number of ether oxygens (including phenoxy) is 1. The molecule has 11 nitrogen and oxygen atoms in total. The number of aryl methyl sites for hydroxylation is 3. The number of hydrogen-bond acceptors (Lipinski definition) is 9. The zero-order chi connectivity index (χ0) is 31.3. The van der Waals surface area contributed by atoms with Crippen LogP contribution in [0.5, 0.6) is 0 Å². The Hall–Kier alpha value is -5.02. The highest BCUT2D eigenvalue weighted by molar-refractivity contribution is 7.07. The molecule has 4 aromatic rings. The van der Waals surface area contributed by atoms with E-state index in [0.717, 1.165) is 33.9 Å². The highest BCUT2D eigenvalue weighted by atomic mass is 32.1. The number of nitriles is 1. The van der Waals surface area contributed by atoms with Crippen LogP contribution in [0, 0.1) is 56.1 Å². The van der Waals surface area contributed by atoms with Gasteiger partial charge in [-0.1, -0.05) is 23.5 Å². The first-order valence-corrected chi connectivity index (χ1v) is 14.3. The number of nitrogens with zero attached hydrogens (tertiary/aromatic N) is 5. The van der Waals surface area contributed by atoms with Crippen molar-refractivity contribution in [3.05, 3.63) is 110 Å². The number of allylic oxidation sites excluding steroid dienone is 1. The van der Waals surface area contributed by atoms with Crippen molar-refractivity contribution in [1.82, 2.24) is 9.13 Å². The summed E-state index contributed by atoms with van der Waals surface area (Å²) >= 11 is 1.16. The summed E-state index contributed by atoms with van der Waals surface area (Å²) in [4.78, 5) is 43.4. The van der Waals surface area contributed by atoms with Crippen LogP contribution in [0.15, 0.2) is 49.7 Å². The van der Waals surface area contributed by atoms with Gasteiger partial charge >= 0.3 is 5.97 Å². The molecule has 0 amide bonds. The van der Waals surface area contributed by atoms with Crippen LogP contribution in [0.4, 0.5) is 5.69 Å². The molecule has 1 aromatic carbocycles. The lowest BCUT2D eigenvalue weighted by molar-refractivity contribution is -0.385. The van der Waals surface area contributed by atoms with Crippen LogP contribution in [-0.2, 0) is 9.53 Å². The van der Waals surface area contributed by atoms with Gasteiger partial charge in [-0.15, -0.1) is 0 Å². The molecule has 43 heavy (non-hydrogen) atoms. The molecule has 5 rings (SSSR count). The maximum Gasteiger partial charge on any atom is 0.338 e. The van der Waals surface area contributed by atoms with E-state index in [2.05, 4.69) is 11.1 Å². The van der Waals surface area contributed by atoms with Crippen LogP contribution in [0.25, 0.3) is 12.0 Å². The minimum absolute atomic E-state index is 0.110. The van der Waals surface area contributed by atoms with Gasteiger partial charge in [-0.05, 0) is 71.7 Å². The predicted octanol–water partition coefficient (Wildman–Crippen LogP) is 4.50. The van der Waals surface area contributed by atoms with Crippen LogP contribution in [0.1, 0.15) is 64.9 Å². The molecule has 0 N–H and O–H groups in total. The third-order valence-electron chi connectivity index (χ3n) is 7.70. The molecule has 0 bridgehead atoms. The number of carbonyl (C=O) groups excluding carboxylic acids is 1. The van der Waals surface area contributed by atoms with E-state index in [-0.39, 0.29) is 17.9 Å². The standard InChI is InChI=1S/C31H29N5O6S/c1-8-41-30(38)26-18(5)33-31-35(27(26)21-10-9-15(2)24(12-21)36(39)40)28(37)25(43-31)13-22-11-16(3)34(19(22)6)29-23(14-32)17(4)20(7)42-29/h9-13,27H,8H2,1-7H3.